The van der Waals surface area contributed by atoms with Crippen molar-refractivity contribution in [2.24, 2.45) is 0 Å². The first-order valence-corrected chi connectivity index (χ1v) is 12.0. The standard InChI is InChI=1S/C20H18ClN3O4S2/c1-24(17-7-3-15(21)4-8-17)30(27,28)19-13-14(11-12-22-19)20(25)23-16-5-9-18(10-6-16)29(2)26/h3-13H,1-2H3,(H,23,25). The van der Waals surface area contributed by atoms with Gasteiger partial charge in [0.2, 0.25) is 0 Å². The third-order valence-electron chi connectivity index (χ3n) is 4.26. The molecule has 2 aromatic carbocycles. The summed E-state index contributed by atoms with van der Waals surface area (Å²) < 4.78 is 38.4. The first-order valence-electron chi connectivity index (χ1n) is 8.64. The molecule has 1 amide bonds. The smallest absolute Gasteiger partial charge is 0.281 e. The van der Waals surface area contributed by atoms with Gasteiger partial charge in [-0.25, -0.2) is 4.98 Å². The molecule has 0 bridgehead atoms. The highest BCUT2D eigenvalue weighted by atomic mass is 35.5. The molecule has 0 spiro atoms. The van der Waals surface area contributed by atoms with Gasteiger partial charge in [0.15, 0.2) is 5.03 Å². The van der Waals surface area contributed by atoms with Crippen LogP contribution in [0.4, 0.5) is 11.4 Å². The van der Waals surface area contributed by atoms with Crippen molar-refractivity contribution in [1.82, 2.24) is 4.98 Å². The maximum Gasteiger partial charge on any atom is 0.281 e. The van der Waals surface area contributed by atoms with Gasteiger partial charge in [-0.15, -0.1) is 0 Å². The van der Waals surface area contributed by atoms with Gasteiger partial charge in [-0.05, 0) is 60.7 Å². The number of sulfonamides is 1. The van der Waals surface area contributed by atoms with Crippen LogP contribution in [0, 0.1) is 0 Å². The number of anilines is 2. The lowest BCUT2D eigenvalue weighted by atomic mass is 10.2. The van der Waals surface area contributed by atoms with E-state index < -0.39 is 26.7 Å². The number of nitrogens with one attached hydrogen (secondary N) is 1. The van der Waals surface area contributed by atoms with Gasteiger partial charge in [0.05, 0.1) is 5.69 Å². The van der Waals surface area contributed by atoms with E-state index in [2.05, 4.69) is 10.3 Å². The first-order chi connectivity index (χ1) is 14.2. The molecule has 0 aliphatic heterocycles. The molecule has 1 unspecified atom stereocenters. The third-order valence-corrected chi connectivity index (χ3v) is 7.13. The Morgan fingerprint density at radius 3 is 2.30 bits per heavy atom. The number of pyridine rings is 1. The summed E-state index contributed by atoms with van der Waals surface area (Å²) in [5.41, 5.74) is 1.04. The van der Waals surface area contributed by atoms with Crippen molar-refractivity contribution in [2.45, 2.75) is 9.92 Å². The number of hydrogen-bond acceptors (Lipinski definition) is 5. The van der Waals surface area contributed by atoms with Crippen LogP contribution in [-0.4, -0.2) is 36.8 Å². The Labute approximate surface area is 182 Å². The van der Waals surface area contributed by atoms with Crippen LogP contribution in [-0.2, 0) is 20.8 Å². The number of carbonyl (C=O) groups excluding carboxylic acids is 1. The van der Waals surface area contributed by atoms with E-state index in [1.165, 1.54) is 25.4 Å². The summed E-state index contributed by atoms with van der Waals surface area (Å²) in [6.45, 7) is 0. The monoisotopic (exact) mass is 463 g/mol. The Balaban J connectivity index is 1.83. The van der Waals surface area contributed by atoms with Crippen molar-refractivity contribution in [3.63, 3.8) is 0 Å². The molecule has 0 aliphatic rings. The fourth-order valence-electron chi connectivity index (χ4n) is 2.55. The van der Waals surface area contributed by atoms with Crippen LogP contribution in [0.3, 0.4) is 0 Å². The van der Waals surface area contributed by atoms with Gasteiger partial charge in [0.25, 0.3) is 15.9 Å². The van der Waals surface area contributed by atoms with Gasteiger partial charge < -0.3 is 5.32 Å². The first kappa shape index (κ1) is 21.9. The lowest BCUT2D eigenvalue weighted by molar-refractivity contribution is 0.102. The number of aromatic nitrogens is 1. The van der Waals surface area contributed by atoms with Gasteiger partial charge >= 0.3 is 0 Å². The second-order valence-corrected chi connectivity index (χ2v) is 10.00. The fourth-order valence-corrected chi connectivity index (χ4v) is 4.35. The highest BCUT2D eigenvalue weighted by molar-refractivity contribution is 7.92. The van der Waals surface area contributed by atoms with Crippen molar-refractivity contribution in [2.75, 3.05) is 22.9 Å². The molecule has 0 saturated carbocycles. The zero-order chi connectivity index (χ0) is 21.9. The number of benzene rings is 2. The van der Waals surface area contributed by atoms with Crippen LogP contribution >= 0.6 is 11.6 Å². The molecule has 7 nitrogen and oxygen atoms in total. The summed E-state index contributed by atoms with van der Waals surface area (Å²) in [6.07, 6.45) is 2.83. The molecular weight excluding hydrogens is 446 g/mol. The summed E-state index contributed by atoms with van der Waals surface area (Å²) in [5.74, 6) is -0.492. The molecule has 1 aromatic heterocycles. The van der Waals surface area contributed by atoms with Gasteiger partial charge in [-0.3, -0.25) is 13.3 Å². The summed E-state index contributed by atoms with van der Waals surface area (Å²) in [7, 11) is -3.71. The van der Waals surface area contributed by atoms with Crippen molar-refractivity contribution >= 4 is 49.7 Å². The molecule has 0 aliphatic carbocycles. The van der Waals surface area contributed by atoms with Crippen LogP contribution in [0.15, 0.2) is 76.8 Å². The third kappa shape index (κ3) is 4.86. The average molecular weight is 464 g/mol. The van der Waals surface area contributed by atoms with Gasteiger partial charge in [0.1, 0.15) is 0 Å². The predicted octanol–water partition coefficient (Wildman–Crippen LogP) is 3.55. The van der Waals surface area contributed by atoms with E-state index in [0.29, 0.717) is 21.3 Å². The molecule has 1 heterocycles. The molecule has 30 heavy (non-hydrogen) atoms. The summed E-state index contributed by atoms with van der Waals surface area (Å²) in [4.78, 5) is 17.1. The van der Waals surface area contributed by atoms with Crippen LogP contribution in [0.1, 0.15) is 10.4 Å². The zero-order valence-corrected chi connectivity index (χ0v) is 18.5. The Kier molecular flexibility index (Phi) is 6.55. The second-order valence-electron chi connectivity index (χ2n) is 6.26. The Morgan fingerprint density at radius 1 is 1.07 bits per heavy atom. The SMILES string of the molecule is CN(c1ccc(Cl)cc1)S(=O)(=O)c1cc(C(=O)Nc2ccc(S(C)=O)cc2)ccn1. The van der Waals surface area contributed by atoms with E-state index in [4.69, 9.17) is 11.6 Å². The maximum atomic E-state index is 12.9. The van der Waals surface area contributed by atoms with Crippen LogP contribution in [0.5, 0.6) is 0 Å². The summed E-state index contributed by atoms with van der Waals surface area (Å²) >= 11 is 5.85. The Hall–Kier alpha value is -2.75. The van der Waals surface area contributed by atoms with Gasteiger partial charge in [0, 0.05) is 51.5 Å². The molecule has 10 heteroatoms. The minimum absolute atomic E-state index is 0.135. The normalized spacial score (nSPS) is 12.2. The summed E-state index contributed by atoms with van der Waals surface area (Å²) in [6, 6.07) is 15.5. The van der Waals surface area contributed by atoms with Crippen LogP contribution in [0.2, 0.25) is 5.02 Å². The molecule has 0 saturated heterocycles. The van der Waals surface area contributed by atoms with Crippen LogP contribution < -0.4 is 9.62 Å². The molecule has 3 rings (SSSR count). The van der Waals surface area contributed by atoms with Crippen molar-refractivity contribution < 1.29 is 17.4 Å². The van der Waals surface area contributed by atoms with Crippen molar-refractivity contribution in [1.29, 1.82) is 0 Å². The minimum Gasteiger partial charge on any atom is -0.322 e. The van der Waals surface area contributed by atoms with Crippen molar-refractivity contribution in [3.05, 3.63) is 77.4 Å². The van der Waals surface area contributed by atoms with Gasteiger partial charge in [-0.2, -0.15) is 8.42 Å². The minimum atomic E-state index is -3.98. The van der Waals surface area contributed by atoms with E-state index >= 15 is 0 Å². The Bertz CT molecular complexity index is 1200. The second kappa shape index (κ2) is 8.95. The van der Waals surface area contributed by atoms with Crippen molar-refractivity contribution in [3.8, 4) is 0 Å². The fraction of sp³-hybridized carbons (Fsp3) is 0.100. The molecule has 156 valence electrons. The molecule has 0 radical (unpaired) electrons. The number of amides is 1. The van der Waals surface area contributed by atoms with Crippen LogP contribution in [0.25, 0.3) is 0 Å². The quantitative estimate of drug-likeness (QED) is 0.603. The number of nitrogens with zero attached hydrogens (tertiary/aromatic N) is 2. The highest BCUT2D eigenvalue weighted by Gasteiger charge is 2.24. The predicted molar refractivity (Wildman–Crippen MR) is 118 cm³/mol. The number of carbonyl (C=O) groups is 1. The maximum absolute atomic E-state index is 12.9. The lowest BCUT2D eigenvalue weighted by Gasteiger charge is -2.19. The molecule has 0 fully saturated rings. The van der Waals surface area contributed by atoms with E-state index in [0.717, 1.165) is 4.31 Å². The largest absolute Gasteiger partial charge is 0.322 e. The van der Waals surface area contributed by atoms with E-state index in [1.54, 1.807) is 54.8 Å². The zero-order valence-electron chi connectivity index (χ0n) is 16.1. The van der Waals surface area contributed by atoms with E-state index in [9.17, 15) is 17.4 Å². The Morgan fingerprint density at radius 2 is 1.70 bits per heavy atom. The molecule has 1 atom stereocenters. The molecule has 1 N–H and O–H groups in total. The molecular formula is C20H18ClN3O4S2. The summed E-state index contributed by atoms with van der Waals surface area (Å²) in [5, 5.41) is 2.91. The van der Waals surface area contributed by atoms with Gasteiger partial charge in [-0.1, -0.05) is 11.6 Å². The number of rotatable bonds is 6. The topological polar surface area (TPSA) is 96.4 Å². The lowest BCUT2D eigenvalue weighted by Crippen LogP contribution is -2.27. The highest BCUT2D eigenvalue weighted by Crippen LogP contribution is 2.23. The van der Waals surface area contributed by atoms with E-state index in [1.807, 2.05) is 0 Å². The molecule has 3 aromatic rings. The average Bonchev–Trinajstić information content (AvgIpc) is 2.74. The van der Waals surface area contributed by atoms with E-state index in [-0.39, 0.29) is 10.6 Å². The number of halogens is 1. The number of hydrogen-bond donors (Lipinski definition) is 1.